The fourth-order valence-electron chi connectivity index (χ4n) is 0.720. The molecule has 0 aliphatic heterocycles. The SMILES string of the molecule is OCc1cc(O)c(F)c(Br)c1. The molecule has 0 unspecified atom stereocenters. The third-order valence-electron chi connectivity index (χ3n) is 1.25. The van der Waals surface area contributed by atoms with Gasteiger partial charge < -0.3 is 10.2 Å². The van der Waals surface area contributed by atoms with Crippen molar-refractivity contribution in [3.63, 3.8) is 0 Å². The van der Waals surface area contributed by atoms with Gasteiger partial charge in [0, 0.05) is 0 Å². The zero-order chi connectivity index (χ0) is 8.43. The minimum Gasteiger partial charge on any atom is -0.505 e. The summed E-state index contributed by atoms with van der Waals surface area (Å²) >= 11 is 2.89. The summed E-state index contributed by atoms with van der Waals surface area (Å²) in [5, 5.41) is 17.5. The van der Waals surface area contributed by atoms with Gasteiger partial charge in [0.25, 0.3) is 0 Å². The van der Waals surface area contributed by atoms with E-state index >= 15 is 0 Å². The molecule has 0 radical (unpaired) electrons. The van der Waals surface area contributed by atoms with E-state index in [-0.39, 0.29) is 11.1 Å². The number of hydrogen-bond acceptors (Lipinski definition) is 2. The molecule has 0 saturated carbocycles. The van der Waals surface area contributed by atoms with Gasteiger partial charge in [-0.15, -0.1) is 0 Å². The van der Waals surface area contributed by atoms with Crippen molar-refractivity contribution in [3.05, 3.63) is 28.0 Å². The molecule has 4 heteroatoms. The van der Waals surface area contributed by atoms with E-state index < -0.39 is 11.6 Å². The first-order valence-electron chi connectivity index (χ1n) is 2.93. The van der Waals surface area contributed by atoms with Crippen LogP contribution in [0.15, 0.2) is 16.6 Å². The summed E-state index contributed by atoms with van der Waals surface area (Å²) in [5.41, 5.74) is 0.468. The van der Waals surface area contributed by atoms with Crippen molar-refractivity contribution in [2.24, 2.45) is 0 Å². The summed E-state index contributed by atoms with van der Waals surface area (Å²) in [6, 6.07) is 2.59. The monoisotopic (exact) mass is 220 g/mol. The lowest BCUT2D eigenvalue weighted by atomic mass is 10.2. The Hall–Kier alpha value is -0.610. The highest BCUT2D eigenvalue weighted by atomic mass is 79.9. The fraction of sp³-hybridized carbons (Fsp3) is 0.143. The van der Waals surface area contributed by atoms with Crippen molar-refractivity contribution in [2.45, 2.75) is 6.61 Å². The molecule has 1 aromatic carbocycles. The first-order valence-corrected chi connectivity index (χ1v) is 3.72. The van der Waals surface area contributed by atoms with Crippen LogP contribution < -0.4 is 0 Å². The smallest absolute Gasteiger partial charge is 0.178 e. The number of halogens is 2. The molecule has 0 aliphatic rings. The van der Waals surface area contributed by atoms with Gasteiger partial charge in [-0.25, -0.2) is 4.39 Å². The molecule has 2 N–H and O–H groups in total. The summed E-state index contributed by atoms with van der Waals surface area (Å²) in [5.74, 6) is -1.16. The molecule has 1 aromatic rings. The normalized spacial score (nSPS) is 10.1. The second-order valence-corrected chi connectivity index (χ2v) is 2.92. The molecule has 60 valence electrons. The standard InChI is InChI=1S/C7H6BrFO2/c8-5-1-4(3-10)2-6(11)7(5)9/h1-2,10-11H,3H2. The molecule has 0 spiro atoms. The van der Waals surface area contributed by atoms with Gasteiger partial charge in [-0.3, -0.25) is 0 Å². The lowest BCUT2D eigenvalue weighted by Crippen LogP contribution is -1.86. The van der Waals surface area contributed by atoms with Crippen LogP contribution in [-0.4, -0.2) is 10.2 Å². The minimum absolute atomic E-state index is 0.154. The summed E-state index contributed by atoms with van der Waals surface area (Å²) < 4.78 is 12.8. The van der Waals surface area contributed by atoms with E-state index in [1.54, 1.807) is 0 Å². The Morgan fingerprint density at radius 3 is 2.55 bits per heavy atom. The Labute approximate surface area is 71.4 Å². The van der Waals surface area contributed by atoms with E-state index in [0.29, 0.717) is 5.56 Å². The molecule has 0 aliphatic carbocycles. The maximum atomic E-state index is 12.7. The van der Waals surface area contributed by atoms with Crippen LogP contribution in [0.4, 0.5) is 4.39 Å². The molecule has 2 nitrogen and oxygen atoms in total. The van der Waals surface area contributed by atoms with Crippen molar-refractivity contribution in [1.29, 1.82) is 0 Å². The molecular formula is C7H6BrFO2. The van der Waals surface area contributed by atoms with Crippen LogP contribution in [0.3, 0.4) is 0 Å². The van der Waals surface area contributed by atoms with Crippen LogP contribution in [0, 0.1) is 5.82 Å². The van der Waals surface area contributed by atoms with Crippen LogP contribution in [0.2, 0.25) is 0 Å². The van der Waals surface area contributed by atoms with E-state index in [1.807, 2.05) is 0 Å². The van der Waals surface area contributed by atoms with Gasteiger partial charge in [-0.2, -0.15) is 0 Å². The molecule has 11 heavy (non-hydrogen) atoms. The number of aliphatic hydroxyl groups excluding tert-OH is 1. The Balaban J connectivity index is 3.21. The van der Waals surface area contributed by atoms with Crippen LogP contribution in [0.1, 0.15) is 5.56 Å². The van der Waals surface area contributed by atoms with Crippen molar-refractivity contribution < 1.29 is 14.6 Å². The molecule has 0 heterocycles. The molecule has 0 bridgehead atoms. The fourth-order valence-corrected chi connectivity index (χ4v) is 1.22. The maximum absolute atomic E-state index is 12.7. The Kier molecular flexibility index (Phi) is 2.46. The highest BCUT2D eigenvalue weighted by molar-refractivity contribution is 9.10. The van der Waals surface area contributed by atoms with E-state index in [9.17, 15) is 4.39 Å². The van der Waals surface area contributed by atoms with E-state index in [0.717, 1.165) is 0 Å². The average molecular weight is 221 g/mol. The predicted octanol–water partition coefficient (Wildman–Crippen LogP) is 1.79. The Morgan fingerprint density at radius 2 is 2.09 bits per heavy atom. The van der Waals surface area contributed by atoms with Gasteiger partial charge >= 0.3 is 0 Å². The predicted molar refractivity (Wildman–Crippen MR) is 41.7 cm³/mol. The van der Waals surface area contributed by atoms with Gasteiger partial charge in [0.05, 0.1) is 11.1 Å². The topological polar surface area (TPSA) is 40.5 Å². The molecule has 0 aromatic heterocycles. The number of aliphatic hydroxyl groups is 1. The zero-order valence-electron chi connectivity index (χ0n) is 5.51. The van der Waals surface area contributed by atoms with Crippen LogP contribution >= 0.6 is 15.9 Å². The third-order valence-corrected chi connectivity index (χ3v) is 1.83. The van der Waals surface area contributed by atoms with Gasteiger partial charge in [0.1, 0.15) is 0 Å². The first kappa shape index (κ1) is 8.49. The summed E-state index contributed by atoms with van der Waals surface area (Å²) in [4.78, 5) is 0. The summed E-state index contributed by atoms with van der Waals surface area (Å²) in [6.07, 6.45) is 0. The van der Waals surface area contributed by atoms with Crippen molar-refractivity contribution in [1.82, 2.24) is 0 Å². The Bertz CT molecular complexity index is 252. The maximum Gasteiger partial charge on any atom is 0.178 e. The number of phenols is 1. The second-order valence-electron chi connectivity index (χ2n) is 2.07. The van der Waals surface area contributed by atoms with Gasteiger partial charge in [-0.05, 0) is 33.6 Å². The summed E-state index contributed by atoms with van der Waals surface area (Å²) in [6.45, 7) is -0.216. The van der Waals surface area contributed by atoms with E-state index in [4.69, 9.17) is 10.2 Å². The highest BCUT2D eigenvalue weighted by Crippen LogP contribution is 2.25. The van der Waals surface area contributed by atoms with Gasteiger partial charge in [0.15, 0.2) is 11.6 Å². The second kappa shape index (κ2) is 3.19. The van der Waals surface area contributed by atoms with E-state index in [2.05, 4.69) is 15.9 Å². The lowest BCUT2D eigenvalue weighted by molar-refractivity contribution is 0.280. The largest absolute Gasteiger partial charge is 0.505 e. The quantitative estimate of drug-likeness (QED) is 0.758. The third kappa shape index (κ3) is 1.70. The van der Waals surface area contributed by atoms with Crippen LogP contribution in [-0.2, 0) is 6.61 Å². The van der Waals surface area contributed by atoms with Gasteiger partial charge in [0.2, 0.25) is 0 Å². The highest BCUT2D eigenvalue weighted by Gasteiger charge is 2.06. The minimum atomic E-state index is -0.706. The number of rotatable bonds is 1. The molecular weight excluding hydrogens is 215 g/mol. The summed E-state index contributed by atoms with van der Waals surface area (Å²) in [7, 11) is 0. The van der Waals surface area contributed by atoms with Crippen molar-refractivity contribution >= 4 is 15.9 Å². The first-order chi connectivity index (χ1) is 5.15. The average Bonchev–Trinajstić information content (AvgIpc) is 1.99. The lowest BCUT2D eigenvalue weighted by Gasteiger charge is -2.00. The molecule has 0 saturated heterocycles. The van der Waals surface area contributed by atoms with Crippen LogP contribution in [0.25, 0.3) is 0 Å². The van der Waals surface area contributed by atoms with Crippen molar-refractivity contribution in [3.8, 4) is 5.75 Å². The molecule has 0 amide bonds. The van der Waals surface area contributed by atoms with Crippen molar-refractivity contribution in [2.75, 3.05) is 0 Å². The zero-order valence-corrected chi connectivity index (χ0v) is 7.10. The van der Waals surface area contributed by atoms with Crippen LogP contribution in [0.5, 0.6) is 5.75 Å². The number of phenolic OH excluding ortho intramolecular Hbond substituents is 1. The van der Waals surface area contributed by atoms with Gasteiger partial charge in [-0.1, -0.05) is 0 Å². The Morgan fingerprint density at radius 1 is 1.45 bits per heavy atom. The number of aromatic hydroxyl groups is 1. The molecule has 0 fully saturated rings. The number of benzene rings is 1. The molecule has 0 atom stereocenters. The number of hydrogen-bond donors (Lipinski definition) is 2. The molecule has 1 rings (SSSR count). The van der Waals surface area contributed by atoms with E-state index in [1.165, 1.54) is 12.1 Å².